The first-order chi connectivity index (χ1) is 12.8. The number of hydrogen-bond acceptors (Lipinski definition) is 4. The van der Waals surface area contributed by atoms with Crippen molar-refractivity contribution in [2.45, 2.75) is 12.7 Å². The van der Waals surface area contributed by atoms with Gasteiger partial charge in [0.2, 0.25) is 0 Å². The number of nitrogens with zero attached hydrogens (tertiary/aromatic N) is 1. The predicted molar refractivity (Wildman–Crippen MR) is 91.2 cm³/mol. The Labute approximate surface area is 154 Å². The van der Waals surface area contributed by atoms with Crippen LogP contribution in [0.25, 0.3) is 0 Å². The third-order valence-corrected chi connectivity index (χ3v) is 3.63. The molecule has 8 heteroatoms. The summed E-state index contributed by atoms with van der Waals surface area (Å²) in [6.45, 7) is -0.625. The molecular formula is C19H18F3NO4. The van der Waals surface area contributed by atoms with Gasteiger partial charge in [0.25, 0.3) is 0 Å². The van der Waals surface area contributed by atoms with E-state index in [9.17, 15) is 22.8 Å². The molecule has 2 aromatic carbocycles. The van der Waals surface area contributed by atoms with Crippen LogP contribution < -0.4 is 4.74 Å². The number of esters is 1. The molecule has 2 rings (SSSR count). The van der Waals surface area contributed by atoms with Gasteiger partial charge in [0.15, 0.2) is 0 Å². The summed E-state index contributed by atoms with van der Waals surface area (Å²) >= 11 is 0. The van der Waals surface area contributed by atoms with Gasteiger partial charge in [0.05, 0.1) is 19.2 Å². The quantitative estimate of drug-likeness (QED) is 0.690. The number of ether oxygens (including phenoxy) is 2. The highest BCUT2D eigenvalue weighted by Crippen LogP contribution is 2.20. The summed E-state index contributed by atoms with van der Waals surface area (Å²) in [5.41, 5.74) is 0.824. The fraction of sp³-hybridized carbons (Fsp3) is 0.263. The molecule has 0 spiro atoms. The summed E-state index contributed by atoms with van der Waals surface area (Å²) < 4.78 is 48.5. The van der Waals surface area contributed by atoms with Gasteiger partial charge < -0.3 is 14.4 Å². The first-order valence-corrected chi connectivity index (χ1v) is 8.02. The number of hydrogen-bond donors (Lipinski definition) is 0. The van der Waals surface area contributed by atoms with E-state index in [0.29, 0.717) is 10.5 Å². The Bertz CT molecular complexity index is 778. The first-order valence-electron chi connectivity index (χ1n) is 8.02. The summed E-state index contributed by atoms with van der Waals surface area (Å²) in [4.78, 5) is 23.9. The molecular weight excluding hydrogens is 363 g/mol. The number of carbonyl (C=O) groups excluding carboxylic acids is 2. The van der Waals surface area contributed by atoms with Crippen molar-refractivity contribution in [3.05, 3.63) is 65.7 Å². The topological polar surface area (TPSA) is 55.8 Å². The Morgan fingerprint density at radius 3 is 2.37 bits per heavy atom. The van der Waals surface area contributed by atoms with Gasteiger partial charge in [0.1, 0.15) is 12.4 Å². The lowest BCUT2D eigenvalue weighted by Gasteiger charge is -2.24. The molecule has 0 bridgehead atoms. The van der Waals surface area contributed by atoms with Gasteiger partial charge in [-0.25, -0.2) is 4.79 Å². The van der Waals surface area contributed by atoms with Crippen LogP contribution in [0.3, 0.4) is 0 Å². The molecule has 27 heavy (non-hydrogen) atoms. The van der Waals surface area contributed by atoms with Crippen molar-refractivity contribution in [1.82, 2.24) is 4.90 Å². The van der Waals surface area contributed by atoms with Gasteiger partial charge in [-0.15, -0.1) is 0 Å². The maximum Gasteiger partial charge on any atom is 0.471 e. The maximum absolute atomic E-state index is 12.8. The normalized spacial score (nSPS) is 11.0. The third kappa shape index (κ3) is 6.02. The van der Waals surface area contributed by atoms with Crippen molar-refractivity contribution in [2.75, 3.05) is 20.3 Å². The van der Waals surface area contributed by atoms with Gasteiger partial charge in [0, 0.05) is 6.54 Å². The molecule has 0 N–H and O–H groups in total. The maximum atomic E-state index is 12.8. The van der Waals surface area contributed by atoms with E-state index in [0.717, 1.165) is 0 Å². The zero-order chi connectivity index (χ0) is 19.9. The lowest BCUT2D eigenvalue weighted by atomic mass is 10.2. The van der Waals surface area contributed by atoms with Crippen LogP contribution in [-0.2, 0) is 16.1 Å². The fourth-order valence-corrected chi connectivity index (χ4v) is 2.34. The van der Waals surface area contributed by atoms with Crippen molar-refractivity contribution in [1.29, 1.82) is 0 Å². The van der Waals surface area contributed by atoms with Crippen molar-refractivity contribution in [2.24, 2.45) is 0 Å². The van der Waals surface area contributed by atoms with Crippen LogP contribution >= 0.6 is 0 Å². The fourth-order valence-electron chi connectivity index (χ4n) is 2.34. The average molecular weight is 381 g/mol. The zero-order valence-electron chi connectivity index (χ0n) is 14.5. The van der Waals surface area contributed by atoms with Gasteiger partial charge >= 0.3 is 18.1 Å². The molecule has 0 saturated carbocycles. The molecule has 0 unspecified atom stereocenters. The molecule has 1 amide bonds. The standard InChI is InChI=1S/C19H18F3NO4/c1-26-17(24)15-8-5-9-16(12-15)27-11-10-23(18(25)19(20,21)22)13-14-6-3-2-4-7-14/h2-9,12H,10-11,13H2,1H3. The van der Waals surface area contributed by atoms with Crippen LogP contribution in [-0.4, -0.2) is 43.2 Å². The Kier molecular flexibility index (Phi) is 6.81. The SMILES string of the molecule is COC(=O)c1cccc(OCCN(Cc2ccccc2)C(=O)C(F)(F)F)c1. The molecule has 0 aromatic heterocycles. The molecule has 0 aliphatic rings. The smallest absolute Gasteiger partial charge is 0.471 e. The minimum atomic E-state index is -4.97. The second-order valence-corrected chi connectivity index (χ2v) is 5.58. The van der Waals surface area contributed by atoms with E-state index in [4.69, 9.17) is 4.74 Å². The number of halogens is 3. The zero-order valence-corrected chi connectivity index (χ0v) is 14.5. The van der Waals surface area contributed by atoms with E-state index in [-0.39, 0.29) is 31.0 Å². The summed E-state index contributed by atoms with van der Waals surface area (Å²) in [7, 11) is 1.24. The highest BCUT2D eigenvalue weighted by atomic mass is 19.4. The van der Waals surface area contributed by atoms with E-state index < -0.39 is 18.1 Å². The van der Waals surface area contributed by atoms with E-state index >= 15 is 0 Å². The molecule has 144 valence electrons. The van der Waals surface area contributed by atoms with Crippen LogP contribution in [0.2, 0.25) is 0 Å². The van der Waals surface area contributed by atoms with Gasteiger partial charge in [-0.1, -0.05) is 36.4 Å². The highest BCUT2D eigenvalue weighted by Gasteiger charge is 2.42. The summed E-state index contributed by atoms with van der Waals surface area (Å²) in [5.74, 6) is -2.20. The van der Waals surface area contributed by atoms with Crippen molar-refractivity contribution in [3.63, 3.8) is 0 Å². The van der Waals surface area contributed by atoms with E-state index in [1.54, 1.807) is 42.5 Å². The Balaban J connectivity index is 2.03. The third-order valence-electron chi connectivity index (χ3n) is 3.63. The van der Waals surface area contributed by atoms with E-state index in [2.05, 4.69) is 4.74 Å². The van der Waals surface area contributed by atoms with Crippen molar-refractivity contribution >= 4 is 11.9 Å². The average Bonchev–Trinajstić information content (AvgIpc) is 2.66. The molecule has 0 atom stereocenters. The number of amides is 1. The van der Waals surface area contributed by atoms with Crippen molar-refractivity contribution in [3.8, 4) is 5.75 Å². The number of carbonyl (C=O) groups is 2. The number of rotatable bonds is 7. The second-order valence-electron chi connectivity index (χ2n) is 5.58. The Hall–Kier alpha value is -3.03. The Morgan fingerprint density at radius 1 is 1.04 bits per heavy atom. The van der Waals surface area contributed by atoms with Crippen LogP contribution in [0.4, 0.5) is 13.2 Å². The summed E-state index contributed by atoms with van der Waals surface area (Å²) in [6, 6.07) is 14.4. The van der Waals surface area contributed by atoms with Crippen LogP contribution in [0, 0.1) is 0 Å². The second kappa shape index (κ2) is 9.07. The molecule has 0 saturated heterocycles. The Morgan fingerprint density at radius 2 is 1.74 bits per heavy atom. The highest BCUT2D eigenvalue weighted by molar-refractivity contribution is 5.89. The van der Waals surface area contributed by atoms with Gasteiger partial charge in [-0.2, -0.15) is 13.2 Å². The van der Waals surface area contributed by atoms with E-state index in [1.165, 1.54) is 19.2 Å². The van der Waals surface area contributed by atoms with Crippen LogP contribution in [0.15, 0.2) is 54.6 Å². The number of methoxy groups -OCH3 is 1. The number of benzene rings is 2. The number of alkyl halides is 3. The van der Waals surface area contributed by atoms with Crippen LogP contribution in [0.1, 0.15) is 15.9 Å². The van der Waals surface area contributed by atoms with Gasteiger partial charge in [-0.3, -0.25) is 4.79 Å². The monoisotopic (exact) mass is 381 g/mol. The molecule has 2 aromatic rings. The lowest BCUT2D eigenvalue weighted by molar-refractivity contribution is -0.186. The lowest BCUT2D eigenvalue weighted by Crippen LogP contribution is -2.42. The largest absolute Gasteiger partial charge is 0.492 e. The van der Waals surface area contributed by atoms with Crippen LogP contribution in [0.5, 0.6) is 5.75 Å². The van der Waals surface area contributed by atoms with Gasteiger partial charge in [-0.05, 0) is 23.8 Å². The minimum absolute atomic E-state index is 0.167. The van der Waals surface area contributed by atoms with E-state index in [1.807, 2.05) is 0 Å². The molecule has 0 fully saturated rings. The molecule has 0 aliphatic carbocycles. The predicted octanol–water partition coefficient (Wildman–Crippen LogP) is 3.44. The molecule has 5 nitrogen and oxygen atoms in total. The summed E-state index contributed by atoms with van der Waals surface area (Å²) in [6.07, 6.45) is -4.97. The molecule has 0 heterocycles. The first kappa shape index (κ1) is 20.3. The summed E-state index contributed by atoms with van der Waals surface area (Å²) in [5, 5.41) is 0. The van der Waals surface area contributed by atoms with Crippen molar-refractivity contribution < 1.29 is 32.2 Å². The molecule has 0 radical (unpaired) electrons. The molecule has 0 aliphatic heterocycles. The minimum Gasteiger partial charge on any atom is -0.492 e.